The summed E-state index contributed by atoms with van der Waals surface area (Å²) in [7, 11) is 0. The zero-order valence-electron chi connectivity index (χ0n) is 12.9. The molecule has 0 aromatic rings. The van der Waals surface area contributed by atoms with Gasteiger partial charge in [0.25, 0.3) is 0 Å². The summed E-state index contributed by atoms with van der Waals surface area (Å²) in [5.74, 6) is 0.283. The normalized spacial score (nSPS) is 25.1. The minimum Gasteiger partial charge on any atom is -0.378 e. The van der Waals surface area contributed by atoms with Crippen LogP contribution in [0, 0.1) is 0 Å². The van der Waals surface area contributed by atoms with E-state index in [1.807, 2.05) is 4.90 Å². The van der Waals surface area contributed by atoms with Gasteiger partial charge in [0.05, 0.1) is 6.10 Å². The molecule has 20 heavy (non-hydrogen) atoms. The highest BCUT2D eigenvalue weighted by Gasteiger charge is 2.30. The number of rotatable bonds is 5. The zero-order chi connectivity index (χ0) is 14.6. The highest BCUT2D eigenvalue weighted by Crippen LogP contribution is 2.19. The number of carbonyl (C=O) groups excluding carboxylic acids is 1. The molecule has 1 atom stereocenters. The van der Waals surface area contributed by atoms with Gasteiger partial charge >= 0.3 is 0 Å². The molecule has 5 heteroatoms. The van der Waals surface area contributed by atoms with Crippen molar-refractivity contribution in [2.75, 3.05) is 39.3 Å². The number of hydrogen-bond acceptors (Lipinski definition) is 4. The third kappa shape index (κ3) is 3.93. The molecule has 2 aliphatic heterocycles. The summed E-state index contributed by atoms with van der Waals surface area (Å²) in [6.07, 6.45) is 4.09. The second-order valence-corrected chi connectivity index (χ2v) is 6.56. The summed E-state index contributed by atoms with van der Waals surface area (Å²) in [6.45, 7) is 9.36. The van der Waals surface area contributed by atoms with Crippen LogP contribution in [-0.2, 0) is 9.53 Å². The van der Waals surface area contributed by atoms with Crippen molar-refractivity contribution in [1.82, 2.24) is 9.80 Å². The lowest BCUT2D eigenvalue weighted by Crippen LogP contribution is -2.58. The van der Waals surface area contributed by atoms with E-state index in [1.54, 1.807) is 0 Å². The van der Waals surface area contributed by atoms with Crippen LogP contribution in [-0.4, -0.2) is 66.7 Å². The van der Waals surface area contributed by atoms with Gasteiger partial charge in [-0.1, -0.05) is 0 Å². The summed E-state index contributed by atoms with van der Waals surface area (Å²) < 4.78 is 5.57. The summed E-state index contributed by atoms with van der Waals surface area (Å²) in [5, 5.41) is 0. The molecule has 0 bridgehead atoms. The van der Waals surface area contributed by atoms with E-state index < -0.39 is 0 Å². The van der Waals surface area contributed by atoms with Gasteiger partial charge in [0.2, 0.25) is 5.91 Å². The van der Waals surface area contributed by atoms with E-state index in [1.165, 1.54) is 0 Å². The second-order valence-electron chi connectivity index (χ2n) is 6.56. The molecule has 2 heterocycles. The first kappa shape index (κ1) is 15.7. The standard InChI is InChI=1S/C15H29N3O2/c1-15(2,12-16)18-9-7-17(8-10-18)14(19)6-5-13-4-3-11-20-13/h13H,3-12,16H2,1-2H3. The molecular formula is C15H29N3O2. The Morgan fingerprint density at radius 3 is 2.55 bits per heavy atom. The van der Waals surface area contributed by atoms with Crippen LogP contribution in [0.3, 0.4) is 0 Å². The first-order valence-corrected chi connectivity index (χ1v) is 7.87. The van der Waals surface area contributed by atoms with Gasteiger partial charge in [-0.25, -0.2) is 0 Å². The molecular weight excluding hydrogens is 254 g/mol. The Bertz CT molecular complexity index is 319. The summed E-state index contributed by atoms with van der Waals surface area (Å²) in [6, 6.07) is 0. The van der Waals surface area contributed by atoms with Crippen molar-refractivity contribution in [1.29, 1.82) is 0 Å². The Labute approximate surface area is 122 Å². The average Bonchev–Trinajstić information content (AvgIpc) is 2.98. The van der Waals surface area contributed by atoms with Crippen LogP contribution < -0.4 is 5.73 Å². The fraction of sp³-hybridized carbons (Fsp3) is 0.933. The summed E-state index contributed by atoms with van der Waals surface area (Å²) in [5.41, 5.74) is 5.85. The van der Waals surface area contributed by atoms with Gasteiger partial charge < -0.3 is 15.4 Å². The first-order chi connectivity index (χ1) is 9.53. The van der Waals surface area contributed by atoms with Gasteiger partial charge in [0.15, 0.2) is 0 Å². The smallest absolute Gasteiger partial charge is 0.222 e. The van der Waals surface area contributed by atoms with Gasteiger partial charge in [-0.15, -0.1) is 0 Å². The third-order valence-electron chi connectivity index (χ3n) is 4.69. The monoisotopic (exact) mass is 283 g/mol. The van der Waals surface area contributed by atoms with E-state index in [9.17, 15) is 4.79 Å². The quantitative estimate of drug-likeness (QED) is 0.812. The minimum absolute atomic E-state index is 0.0345. The molecule has 2 saturated heterocycles. The third-order valence-corrected chi connectivity index (χ3v) is 4.69. The maximum atomic E-state index is 12.2. The number of nitrogens with two attached hydrogens (primary N) is 1. The largest absolute Gasteiger partial charge is 0.378 e. The molecule has 2 aliphatic rings. The van der Waals surface area contributed by atoms with Crippen LogP contribution in [0.2, 0.25) is 0 Å². The molecule has 116 valence electrons. The lowest BCUT2D eigenvalue weighted by molar-refractivity contribution is -0.134. The lowest BCUT2D eigenvalue weighted by atomic mass is 10.0. The Balaban J connectivity index is 1.71. The van der Waals surface area contributed by atoms with Crippen molar-refractivity contribution in [3.8, 4) is 0 Å². The van der Waals surface area contributed by atoms with E-state index in [4.69, 9.17) is 10.5 Å². The Morgan fingerprint density at radius 2 is 2.00 bits per heavy atom. The highest BCUT2D eigenvalue weighted by molar-refractivity contribution is 5.76. The van der Waals surface area contributed by atoms with Gasteiger partial charge in [0.1, 0.15) is 0 Å². The molecule has 0 saturated carbocycles. The van der Waals surface area contributed by atoms with E-state index in [0.717, 1.165) is 52.0 Å². The molecule has 0 radical (unpaired) electrons. The van der Waals surface area contributed by atoms with Gasteiger partial charge in [-0.05, 0) is 33.1 Å². The van der Waals surface area contributed by atoms with E-state index >= 15 is 0 Å². The number of amides is 1. The van der Waals surface area contributed by atoms with E-state index in [2.05, 4.69) is 18.7 Å². The number of nitrogens with zero attached hydrogens (tertiary/aromatic N) is 2. The number of ether oxygens (including phenoxy) is 1. The molecule has 0 aromatic heterocycles. The van der Waals surface area contributed by atoms with Crippen molar-refractivity contribution in [2.45, 2.75) is 51.2 Å². The molecule has 0 spiro atoms. The molecule has 2 rings (SSSR count). The predicted molar refractivity (Wildman–Crippen MR) is 79.5 cm³/mol. The predicted octanol–water partition coefficient (Wildman–Crippen LogP) is 0.827. The van der Waals surface area contributed by atoms with Crippen LogP contribution in [0.15, 0.2) is 0 Å². The van der Waals surface area contributed by atoms with Gasteiger partial charge in [-0.2, -0.15) is 0 Å². The maximum absolute atomic E-state index is 12.2. The molecule has 2 N–H and O–H groups in total. The number of hydrogen-bond donors (Lipinski definition) is 1. The Morgan fingerprint density at radius 1 is 1.30 bits per heavy atom. The molecule has 2 fully saturated rings. The molecule has 5 nitrogen and oxygen atoms in total. The second kappa shape index (κ2) is 6.87. The van der Waals surface area contributed by atoms with Crippen molar-refractivity contribution in [3.05, 3.63) is 0 Å². The molecule has 0 aliphatic carbocycles. The minimum atomic E-state index is 0.0345. The molecule has 1 unspecified atom stereocenters. The fourth-order valence-corrected chi connectivity index (χ4v) is 3.00. The van der Waals surface area contributed by atoms with Gasteiger partial charge in [-0.3, -0.25) is 9.69 Å². The number of piperazine rings is 1. The van der Waals surface area contributed by atoms with E-state index in [-0.39, 0.29) is 11.4 Å². The average molecular weight is 283 g/mol. The van der Waals surface area contributed by atoms with Crippen LogP contribution in [0.25, 0.3) is 0 Å². The summed E-state index contributed by atoms with van der Waals surface area (Å²) >= 11 is 0. The SMILES string of the molecule is CC(C)(CN)N1CCN(C(=O)CCC2CCCO2)CC1. The zero-order valence-corrected chi connectivity index (χ0v) is 12.9. The van der Waals surface area contributed by atoms with Crippen molar-refractivity contribution >= 4 is 5.91 Å². The Hall–Kier alpha value is -0.650. The van der Waals surface area contributed by atoms with Crippen LogP contribution >= 0.6 is 0 Å². The van der Waals surface area contributed by atoms with Crippen LogP contribution in [0.4, 0.5) is 0 Å². The van der Waals surface area contributed by atoms with Crippen LogP contribution in [0.1, 0.15) is 39.5 Å². The molecule has 1 amide bonds. The van der Waals surface area contributed by atoms with Crippen LogP contribution in [0.5, 0.6) is 0 Å². The lowest BCUT2D eigenvalue weighted by Gasteiger charge is -2.43. The van der Waals surface area contributed by atoms with Crippen molar-refractivity contribution < 1.29 is 9.53 Å². The molecule has 0 aromatic carbocycles. The highest BCUT2D eigenvalue weighted by atomic mass is 16.5. The van der Waals surface area contributed by atoms with Crippen molar-refractivity contribution in [2.24, 2.45) is 5.73 Å². The maximum Gasteiger partial charge on any atom is 0.222 e. The fourth-order valence-electron chi connectivity index (χ4n) is 3.00. The van der Waals surface area contributed by atoms with Gasteiger partial charge in [0, 0.05) is 51.3 Å². The summed E-state index contributed by atoms with van der Waals surface area (Å²) in [4.78, 5) is 16.6. The van der Waals surface area contributed by atoms with E-state index in [0.29, 0.717) is 19.1 Å². The topological polar surface area (TPSA) is 58.8 Å². The Kier molecular flexibility index (Phi) is 5.41. The number of carbonyl (C=O) groups is 1. The van der Waals surface area contributed by atoms with Crippen molar-refractivity contribution in [3.63, 3.8) is 0 Å². The first-order valence-electron chi connectivity index (χ1n) is 7.87.